The Bertz CT molecular complexity index is 927. The highest BCUT2D eigenvalue weighted by molar-refractivity contribution is 6.49. The van der Waals surface area contributed by atoms with Gasteiger partial charge in [-0.25, -0.2) is 4.85 Å². The molecule has 0 aliphatic carbocycles. The Morgan fingerprint density at radius 3 is 2.65 bits per heavy atom. The molecule has 0 amide bonds. The summed E-state index contributed by atoms with van der Waals surface area (Å²) in [5.41, 5.74) is 3.72. The number of hydrogen-bond donors (Lipinski definition) is 0. The van der Waals surface area contributed by atoms with E-state index in [1.807, 2.05) is 71.4 Å². The van der Waals surface area contributed by atoms with Gasteiger partial charge >= 0.3 is 0 Å². The highest BCUT2D eigenvalue weighted by atomic mass is 35.5. The summed E-state index contributed by atoms with van der Waals surface area (Å²) < 4.78 is 1.95. The molecule has 0 aliphatic heterocycles. The molecule has 3 rings (SSSR count). The van der Waals surface area contributed by atoms with E-state index in [1.54, 1.807) is 0 Å². The van der Waals surface area contributed by atoms with E-state index in [4.69, 9.17) is 18.2 Å². The first-order valence-electron chi connectivity index (χ1n) is 7.28. The van der Waals surface area contributed by atoms with Crippen LogP contribution in [0.1, 0.15) is 12.0 Å². The minimum Gasteiger partial charge on any atom is -0.307 e. The molecule has 1 heterocycles. The maximum atomic E-state index is 7.12. The van der Waals surface area contributed by atoms with Gasteiger partial charge in [-0.2, -0.15) is 0 Å². The smallest absolute Gasteiger partial charge is 0.187 e. The van der Waals surface area contributed by atoms with Crippen LogP contribution < -0.4 is 0 Å². The lowest BCUT2D eigenvalue weighted by Crippen LogP contribution is -1.94. The second kappa shape index (κ2) is 6.56. The monoisotopic (exact) mass is 318 g/mol. The van der Waals surface area contributed by atoms with Gasteiger partial charge in [-0.3, -0.25) is 0 Å². The van der Waals surface area contributed by atoms with E-state index in [2.05, 4.69) is 11.4 Å². The van der Waals surface area contributed by atoms with Crippen LogP contribution in [-0.2, 0) is 0 Å². The average molecular weight is 319 g/mol. The molecule has 0 spiro atoms. The van der Waals surface area contributed by atoms with Gasteiger partial charge in [0, 0.05) is 6.20 Å². The molecule has 3 heteroatoms. The van der Waals surface area contributed by atoms with Crippen LogP contribution in [0.4, 0.5) is 5.69 Å². The highest BCUT2D eigenvalue weighted by Crippen LogP contribution is 2.32. The molecule has 0 atom stereocenters. The normalized spacial score (nSPS) is 11.8. The molecule has 1 aromatic heterocycles. The van der Waals surface area contributed by atoms with Gasteiger partial charge in [-0.15, -0.1) is 6.58 Å². The van der Waals surface area contributed by atoms with E-state index in [-0.39, 0.29) is 0 Å². The van der Waals surface area contributed by atoms with Gasteiger partial charge in [-0.1, -0.05) is 54.1 Å². The first-order chi connectivity index (χ1) is 11.2. The molecule has 112 valence electrons. The molecule has 0 fully saturated rings. The van der Waals surface area contributed by atoms with Crippen molar-refractivity contribution >= 4 is 38.9 Å². The maximum Gasteiger partial charge on any atom is 0.187 e. The summed E-state index contributed by atoms with van der Waals surface area (Å²) >= 11 is 6.71. The van der Waals surface area contributed by atoms with Crippen LogP contribution in [0.15, 0.2) is 73.4 Å². The summed E-state index contributed by atoms with van der Waals surface area (Å²) in [4.78, 5) is 3.47. The first-order valence-corrected chi connectivity index (χ1v) is 7.66. The van der Waals surface area contributed by atoms with Gasteiger partial charge in [0.25, 0.3) is 0 Å². The molecule has 2 nitrogen and oxygen atoms in total. The van der Waals surface area contributed by atoms with Crippen LogP contribution in [0.3, 0.4) is 0 Å². The summed E-state index contributed by atoms with van der Waals surface area (Å²) in [5.74, 6) is 0. The average Bonchev–Trinajstić information content (AvgIpc) is 3.02. The fourth-order valence-corrected chi connectivity index (χ4v) is 2.95. The summed E-state index contributed by atoms with van der Waals surface area (Å²) in [6.07, 6.45) is 4.48. The number of halogens is 1. The lowest BCUT2D eigenvalue weighted by atomic mass is 10.0. The number of aromatic nitrogens is 1. The van der Waals surface area contributed by atoms with E-state index >= 15 is 0 Å². The third-order valence-corrected chi connectivity index (χ3v) is 4.14. The van der Waals surface area contributed by atoms with Gasteiger partial charge in [0.05, 0.1) is 12.1 Å². The van der Waals surface area contributed by atoms with Gasteiger partial charge in [0.2, 0.25) is 0 Å². The molecule has 3 aromatic rings. The van der Waals surface area contributed by atoms with E-state index in [9.17, 15) is 0 Å². The molecule has 0 radical (unpaired) electrons. The van der Waals surface area contributed by atoms with Crippen molar-refractivity contribution in [3.05, 3.63) is 90.4 Å². The zero-order valence-corrected chi connectivity index (χ0v) is 13.3. The Kier molecular flexibility index (Phi) is 4.32. The van der Waals surface area contributed by atoms with Crippen molar-refractivity contribution in [1.82, 2.24) is 4.57 Å². The number of benzene rings is 2. The zero-order chi connectivity index (χ0) is 16.2. The van der Waals surface area contributed by atoms with Crippen LogP contribution in [0.2, 0.25) is 0 Å². The Morgan fingerprint density at radius 1 is 1.17 bits per heavy atom. The number of allylic oxidation sites excluding steroid dienone is 2. The molecule has 0 bridgehead atoms. The highest BCUT2D eigenvalue weighted by Gasteiger charge is 2.11. The minimum atomic E-state index is 0.629. The Labute approximate surface area is 140 Å². The van der Waals surface area contributed by atoms with E-state index in [0.717, 1.165) is 22.0 Å². The van der Waals surface area contributed by atoms with Crippen molar-refractivity contribution < 1.29 is 0 Å². The molecule has 2 aromatic carbocycles. The second-order valence-corrected chi connectivity index (χ2v) is 5.53. The zero-order valence-electron chi connectivity index (χ0n) is 12.5. The number of hydrogen-bond acceptors (Lipinski definition) is 0. The minimum absolute atomic E-state index is 0.629. The first kappa shape index (κ1) is 15.1. The van der Waals surface area contributed by atoms with Crippen molar-refractivity contribution in [3.63, 3.8) is 0 Å². The van der Waals surface area contributed by atoms with E-state index < -0.39 is 0 Å². The van der Waals surface area contributed by atoms with E-state index in [1.165, 1.54) is 0 Å². The fourth-order valence-electron chi connectivity index (χ4n) is 2.62. The predicted molar refractivity (Wildman–Crippen MR) is 98.4 cm³/mol. The summed E-state index contributed by atoms with van der Waals surface area (Å²) in [6.45, 7) is 11.0. The van der Waals surface area contributed by atoms with Crippen LogP contribution in [0, 0.1) is 6.57 Å². The van der Waals surface area contributed by atoms with Crippen molar-refractivity contribution in [1.29, 1.82) is 0 Å². The number of fused-ring (bicyclic) bond motifs is 1. The van der Waals surface area contributed by atoms with Crippen LogP contribution >= 0.6 is 11.6 Å². The van der Waals surface area contributed by atoms with Crippen LogP contribution in [0.25, 0.3) is 26.5 Å². The second-order valence-electron chi connectivity index (χ2n) is 5.17. The molecular formula is C20H15ClN2. The van der Waals surface area contributed by atoms with Crippen molar-refractivity contribution in [2.75, 3.05) is 0 Å². The Balaban J connectivity index is 2.18. The van der Waals surface area contributed by atoms with Crippen LogP contribution in [0.5, 0.6) is 0 Å². The Morgan fingerprint density at radius 2 is 1.96 bits per heavy atom. The number of rotatable bonds is 4. The summed E-state index contributed by atoms with van der Waals surface area (Å²) in [5, 5.41) is 1.66. The third kappa shape index (κ3) is 2.92. The summed E-state index contributed by atoms with van der Waals surface area (Å²) in [6, 6.07) is 17.7. The van der Waals surface area contributed by atoms with Crippen molar-refractivity contribution in [2.45, 2.75) is 6.42 Å². The largest absolute Gasteiger partial charge is 0.307 e. The SMILES string of the molecule is [C-]#[N+]c1ccc2c(ccn2/C(Cl)=C(/CC=C)c2ccccc2)c1. The van der Waals surface area contributed by atoms with E-state index in [0.29, 0.717) is 17.3 Å². The molecule has 23 heavy (non-hydrogen) atoms. The van der Waals surface area contributed by atoms with Gasteiger partial charge in [-0.05, 0) is 41.1 Å². The van der Waals surface area contributed by atoms with Crippen molar-refractivity contribution in [3.8, 4) is 0 Å². The van der Waals surface area contributed by atoms with Gasteiger partial charge in [0.1, 0.15) is 5.16 Å². The van der Waals surface area contributed by atoms with Gasteiger partial charge in [0.15, 0.2) is 5.69 Å². The summed E-state index contributed by atoms with van der Waals surface area (Å²) in [7, 11) is 0. The number of nitrogens with zero attached hydrogens (tertiary/aromatic N) is 2. The predicted octanol–water partition coefficient (Wildman–Crippen LogP) is 6.33. The molecule has 0 saturated carbocycles. The molecule has 0 N–H and O–H groups in total. The quantitative estimate of drug-likeness (QED) is 0.392. The Hall–Kier alpha value is -2.76. The molecule has 0 unspecified atom stereocenters. The topological polar surface area (TPSA) is 9.29 Å². The van der Waals surface area contributed by atoms with Gasteiger partial charge < -0.3 is 4.57 Å². The fraction of sp³-hybridized carbons (Fsp3) is 0.0500. The standard InChI is InChI=1S/C20H15ClN2/c1-3-7-18(15-8-5-4-6-9-15)20(21)23-13-12-16-14-17(22-2)10-11-19(16)23/h3-6,8-14H,1,7H2/b20-18-. The molecule has 0 saturated heterocycles. The molecule has 0 aliphatic rings. The molecular weight excluding hydrogens is 304 g/mol. The lowest BCUT2D eigenvalue weighted by molar-refractivity contribution is 1.20. The lowest BCUT2D eigenvalue weighted by Gasteiger charge is -2.12. The van der Waals surface area contributed by atoms with Crippen molar-refractivity contribution in [2.24, 2.45) is 0 Å². The van der Waals surface area contributed by atoms with Crippen LogP contribution in [-0.4, -0.2) is 4.57 Å². The maximum absolute atomic E-state index is 7.12. The third-order valence-electron chi connectivity index (χ3n) is 3.73.